The summed E-state index contributed by atoms with van der Waals surface area (Å²) in [6.45, 7) is 13.6. The van der Waals surface area contributed by atoms with Crippen molar-refractivity contribution in [3.05, 3.63) is 29.8 Å². The molecular weight excluding hydrogens is 338 g/mol. The average molecular weight is 376 g/mol. The lowest BCUT2D eigenvalue weighted by molar-refractivity contribution is -0.121. The highest BCUT2D eigenvalue weighted by Crippen LogP contribution is 2.24. The van der Waals surface area contributed by atoms with Gasteiger partial charge in [-0.1, -0.05) is 32.9 Å². The number of rotatable bonds is 9. The molecule has 5 heteroatoms. The van der Waals surface area contributed by atoms with Gasteiger partial charge in [0.15, 0.2) is 0 Å². The molecule has 0 atom stereocenters. The lowest BCUT2D eigenvalue weighted by Crippen LogP contribution is -2.45. The first kappa shape index (κ1) is 21.7. The summed E-state index contributed by atoms with van der Waals surface area (Å²) in [4.78, 5) is 16.8. The summed E-state index contributed by atoms with van der Waals surface area (Å²) in [6, 6.07) is 8.25. The molecule has 1 N–H and O–H groups in total. The van der Waals surface area contributed by atoms with Crippen molar-refractivity contribution in [1.29, 1.82) is 0 Å². The highest BCUT2D eigenvalue weighted by molar-refractivity contribution is 5.75. The van der Waals surface area contributed by atoms with E-state index < -0.39 is 0 Å². The number of hydrogen-bond donors (Lipinski definition) is 1. The zero-order chi connectivity index (χ0) is 19.7. The van der Waals surface area contributed by atoms with E-state index in [0.717, 1.165) is 57.9 Å². The van der Waals surface area contributed by atoms with Gasteiger partial charge in [-0.2, -0.15) is 0 Å². The number of carbonyl (C=O) groups is 1. The number of likely N-dealkylation sites (N-methyl/N-ethyl adjacent to an activating group) is 1. The zero-order valence-electron chi connectivity index (χ0n) is 17.6. The average Bonchev–Trinajstić information content (AvgIpc) is 2.63. The van der Waals surface area contributed by atoms with Crippen LogP contribution in [0.4, 0.5) is 0 Å². The van der Waals surface area contributed by atoms with Crippen molar-refractivity contribution in [2.75, 3.05) is 52.9 Å². The summed E-state index contributed by atoms with van der Waals surface area (Å²) in [6.07, 6.45) is 2.28. The first-order valence-electron chi connectivity index (χ1n) is 10.3. The molecule has 1 aliphatic heterocycles. The van der Waals surface area contributed by atoms with Gasteiger partial charge in [-0.15, -0.1) is 0 Å². The van der Waals surface area contributed by atoms with Crippen LogP contribution in [-0.2, 0) is 10.2 Å². The topological polar surface area (TPSA) is 44.8 Å². The smallest absolute Gasteiger partial charge is 0.220 e. The summed E-state index contributed by atoms with van der Waals surface area (Å²) >= 11 is 0. The molecule has 0 aromatic heterocycles. The molecular formula is C22H37N3O2. The molecule has 1 amide bonds. The van der Waals surface area contributed by atoms with Gasteiger partial charge in [0.05, 0.1) is 6.61 Å². The van der Waals surface area contributed by atoms with E-state index in [1.54, 1.807) is 0 Å². The van der Waals surface area contributed by atoms with Crippen molar-refractivity contribution in [2.45, 2.75) is 45.4 Å². The maximum Gasteiger partial charge on any atom is 0.220 e. The number of benzene rings is 1. The fourth-order valence-corrected chi connectivity index (χ4v) is 3.16. The fourth-order valence-electron chi connectivity index (χ4n) is 3.16. The number of nitrogens with one attached hydrogen (secondary N) is 1. The van der Waals surface area contributed by atoms with Crippen LogP contribution in [0.2, 0.25) is 0 Å². The highest BCUT2D eigenvalue weighted by Gasteiger charge is 2.14. The van der Waals surface area contributed by atoms with Crippen LogP contribution in [0.5, 0.6) is 5.75 Å². The second-order valence-corrected chi connectivity index (χ2v) is 8.57. The van der Waals surface area contributed by atoms with Crippen molar-refractivity contribution in [2.24, 2.45) is 0 Å². The molecule has 0 spiro atoms. The molecule has 1 fully saturated rings. The van der Waals surface area contributed by atoms with Crippen molar-refractivity contribution in [3.63, 3.8) is 0 Å². The van der Waals surface area contributed by atoms with Crippen LogP contribution in [0.25, 0.3) is 0 Å². The summed E-state index contributed by atoms with van der Waals surface area (Å²) in [7, 11) is 2.17. The Morgan fingerprint density at radius 3 is 2.37 bits per heavy atom. The van der Waals surface area contributed by atoms with Gasteiger partial charge in [0.2, 0.25) is 5.91 Å². The molecule has 1 heterocycles. The summed E-state index contributed by atoms with van der Waals surface area (Å²) in [5, 5.41) is 3.02. The molecule has 0 saturated carbocycles. The standard InChI is InChI=1S/C22H37N3O2/c1-22(2,3)19-8-10-20(11-9-19)27-18-5-7-21(26)23-12-6-13-25-16-14-24(4)15-17-25/h8-11H,5-7,12-18H2,1-4H3,(H,23,26). The van der Waals surface area contributed by atoms with Crippen LogP contribution < -0.4 is 10.1 Å². The van der Waals surface area contributed by atoms with Gasteiger partial charge in [-0.3, -0.25) is 4.79 Å². The monoisotopic (exact) mass is 375 g/mol. The van der Waals surface area contributed by atoms with E-state index in [1.165, 1.54) is 5.56 Å². The fraction of sp³-hybridized carbons (Fsp3) is 0.682. The Bertz CT molecular complexity index is 558. The molecule has 27 heavy (non-hydrogen) atoms. The number of carbonyl (C=O) groups excluding carboxylic acids is 1. The van der Waals surface area contributed by atoms with Gasteiger partial charge in [0, 0.05) is 39.1 Å². The van der Waals surface area contributed by atoms with Crippen molar-refractivity contribution >= 4 is 5.91 Å². The van der Waals surface area contributed by atoms with E-state index in [9.17, 15) is 4.79 Å². The zero-order valence-corrected chi connectivity index (χ0v) is 17.6. The van der Waals surface area contributed by atoms with E-state index >= 15 is 0 Å². The number of amides is 1. The first-order valence-corrected chi connectivity index (χ1v) is 10.3. The molecule has 5 nitrogen and oxygen atoms in total. The Hall–Kier alpha value is -1.59. The number of piperazine rings is 1. The Labute approximate surface area is 165 Å². The third-order valence-corrected chi connectivity index (χ3v) is 5.11. The minimum Gasteiger partial charge on any atom is -0.494 e. The van der Waals surface area contributed by atoms with Crippen molar-refractivity contribution in [1.82, 2.24) is 15.1 Å². The second-order valence-electron chi connectivity index (χ2n) is 8.57. The Balaban J connectivity index is 1.51. The number of ether oxygens (including phenoxy) is 1. The minimum absolute atomic E-state index is 0.125. The Morgan fingerprint density at radius 1 is 1.07 bits per heavy atom. The number of nitrogens with zero attached hydrogens (tertiary/aromatic N) is 2. The molecule has 1 aromatic carbocycles. The maximum atomic E-state index is 11.9. The molecule has 2 rings (SSSR count). The van der Waals surface area contributed by atoms with E-state index in [-0.39, 0.29) is 11.3 Å². The molecule has 0 unspecified atom stereocenters. The maximum absolute atomic E-state index is 11.9. The highest BCUT2D eigenvalue weighted by atomic mass is 16.5. The molecule has 152 valence electrons. The van der Waals surface area contributed by atoms with E-state index in [1.807, 2.05) is 12.1 Å². The molecule has 0 radical (unpaired) electrons. The summed E-state index contributed by atoms with van der Waals surface area (Å²) in [5.74, 6) is 0.996. The van der Waals surface area contributed by atoms with Gasteiger partial charge in [0.1, 0.15) is 5.75 Å². The van der Waals surface area contributed by atoms with Crippen molar-refractivity contribution in [3.8, 4) is 5.75 Å². The molecule has 1 saturated heterocycles. The van der Waals surface area contributed by atoms with Crippen LogP contribution in [0, 0.1) is 0 Å². The number of hydrogen-bond acceptors (Lipinski definition) is 4. The quantitative estimate of drug-likeness (QED) is 0.674. The lowest BCUT2D eigenvalue weighted by atomic mass is 9.87. The van der Waals surface area contributed by atoms with E-state index in [0.29, 0.717) is 13.0 Å². The van der Waals surface area contributed by atoms with E-state index in [2.05, 4.69) is 55.1 Å². The lowest BCUT2D eigenvalue weighted by Gasteiger charge is -2.32. The van der Waals surface area contributed by atoms with Crippen LogP contribution in [0.15, 0.2) is 24.3 Å². The minimum atomic E-state index is 0.125. The summed E-state index contributed by atoms with van der Waals surface area (Å²) in [5.41, 5.74) is 1.45. The van der Waals surface area contributed by atoms with Crippen LogP contribution in [0.1, 0.15) is 45.6 Å². The Morgan fingerprint density at radius 2 is 1.74 bits per heavy atom. The predicted molar refractivity (Wildman–Crippen MR) is 111 cm³/mol. The van der Waals surface area contributed by atoms with Gasteiger partial charge in [-0.25, -0.2) is 0 Å². The van der Waals surface area contributed by atoms with Gasteiger partial charge >= 0.3 is 0 Å². The molecule has 0 bridgehead atoms. The van der Waals surface area contributed by atoms with Gasteiger partial charge in [0.25, 0.3) is 0 Å². The second kappa shape index (κ2) is 10.7. The van der Waals surface area contributed by atoms with Crippen LogP contribution >= 0.6 is 0 Å². The summed E-state index contributed by atoms with van der Waals surface area (Å²) < 4.78 is 5.75. The van der Waals surface area contributed by atoms with Gasteiger partial charge in [-0.05, 0) is 49.5 Å². The molecule has 0 aliphatic carbocycles. The van der Waals surface area contributed by atoms with Crippen LogP contribution in [0.3, 0.4) is 0 Å². The third kappa shape index (κ3) is 8.31. The van der Waals surface area contributed by atoms with E-state index in [4.69, 9.17) is 4.74 Å². The first-order chi connectivity index (χ1) is 12.8. The van der Waals surface area contributed by atoms with Crippen molar-refractivity contribution < 1.29 is 9.53 Å². The Kier molecular flexibility index (Phi) is 8.58. The predicted octanol–water partition coefficient (Wildman–Crippen LogP) is 2.90. The normalized spacial score (nSPS) is 16.3. The molecule has 1 aromatic rings. The third-order valence-electron chi connectivity index (χ3n) is 5.11. The van der Waals surface area contributed by atoms with Crippen LogP contribution in [-0.4, -0.2) is 68.6 Å². The SMILES string of the molecule is CN1CCN(CCCNC(=O)CCCOc2ccc(C(C)(C)C)cc2)CC1. The van der Waals surface area contributed by atoms with Gasteiger partial charge < -0.3 is 19.9 Å². The largest absolute Gasteiger partial charge is 0.494 e. The molecule has 1 aliphatic rings.